The molecule has 0 saturated carbocycles. The fourth-order valence-corrected chi connectivity index (χ4v) is 1.60. The number of rotatable bonds is 6. The van der Waals surface area contributed by atoms with Crippen molar-refractivity contribution in [2.24, 2.45) is 0 Å². The zero-order chi connectivity index (χ0) is 14.4. The highest BCUT2D eigenvalue weighted by atomic mass is 16.5. The maximum Gasteiger partial charge on any atom is 0.226 e. The van der Waals surface area contributed by atoms with E-state index in [0.717, 1.165) is 18.7 Å². The van der Waals surface area contributed by atoms with Gasteiger partial charge in [0, 0.05) is 12.6 Å². The average molecular weight is 274 g/mol. The van der Waals surface area contributed by atoms with Gasteiger partial charge in [0.15, 0.2) is 0 Å². The number of nitrogens with zero attached hydrogens (tertiary/aromatic N) is 2. The molecule has 1 aromatic carbocycles. The summed E-state index contributed by atoms with van der Waals surface area (Å²) in [6.07, 6.45) is 0.999. The predicted octanol–water partition coefficient (Wildman–Crippen LogP) is 2.68. The van der Waals surface area contributed by atoms with Crippen molar-refractivity contribution in [3.8, 4) is 17.4 Å². The maximum atomic E-state index is 5.67. The molecule has 1 heterocycles. The second kappa shape index (κ2) is 6.60. The highest BCUT2D eigenvalue weighted by Gasteiger charge is 2.04. The number of methoxy groups -OCH3 is 1. The molecule has 0 bridgehead atoms. The van der Waals surface area contributed by atoms with E-state index in [1.807, 2.05) is 12.1 Å². The number of aromatic nitrogens is 2. The molecule has 0 fully saturated rings. The summed E-state index contributed by atoms with van der Waals surface area (Å²) in [5, 5.41) is 3.15. The molecule has 0 aliphatic carbocycles. The molecule has 106 valence electrons. The first-order chi connectivity index (χ1) is 9.71. The van der Waals surface area contributed by atoms with Gasteiger partial charge in [-0.25, -0.2) is 0 Å². The van der Waals surface area contributed by atoms with Crippen molar-refractivity contribution in [1.29, 1.82) is 0 Å². The minimum Gasteiger partial charge on any atom is -0.497 e. The molecule has 0 spiro atoms. The minimum atomic E-state index is 0.176. The number of ether oxygens (including phenoxy) is 2. The van der Waals surface area contributed by atoms with Crippen molar-refractivity contribution < 1.29 is 9.47 Å². The van der Waals surface area contributed by atoms with Gasteiger partial charge in [-0.2, -0.15) is 9.97 Å². The zero-order valence-electron chi connectivity index (χ0n) is 11.6. The van der Waals surface area contributed by atoms with Crippen LogP contribution in [0.25, 0.3) is 0 Å². The molecule has 0 saturated heterocycles. The topological polar surface area (TPSA) is 82.3 Å². The third-order valence-corrected chi connectivity index (χ3v) is 2.56. The molecule has 3 N–H and O–H groups in total. The van der Waals surface area contributed by atoms with Crippen LogP contribution in [0, 0.1) is 0 Å². The van der Waals surface area contributed by atoms with Crippen LogP contribution in [0.1, 0.15) is 13.3 Å². The Hall–Kier alpha value is -2.50. The molecule has 2 aromatic rings. The van der Waals surface area contributed by atoms with Gasteiger partial charge >= 0.3 is 0 Å². The van der Waals surface area contributed by atoms with Gasteiger partial charge in [-0.1, -0.05) is 6.92 Å². The Balaban J connectivity index is 2.12. The van der Waals surface area contributed by atoms with Gasteiger partial charge in [-0.3, -0.25) is 0 Å². The fourth-order valence-electron chi connectivity index (χ4n) is 1.60. The van der Waals surface area contributed by atoms with Crippen molar-refractivity contribution in [2.75, 3.05) is 24.7 Å². The minimum absolute atomic E-state index is 0.176. The lowest BCUT2D eigenvalue weighted by molar-refractivity contribution is 0.412. The van der Waals surface area contributed by atoms with Crippen LogP contribution in [-0.4, -0.2) is 23.6 Å². The largest absolute Gasteiger partial charge is 0.497 e. The molecule has 0 amide bonds. The number of benzene rings is 1. The molecule has 20 heavy (non-hydrogen) atoms. The molecule has 6 heteroatoms. The molecule has 0 aliphatic rings. The second-order valence-electron chi connectivity index (χ2n) is 4.15. The fraction of sp³-hybridized carbons (Fsp3) is 0.286. The first kappa shape index (κ1) is 13.9. The van der Waals surface area contributed by atoms with Gasteiger partial charge in [-0.05, 0) is 30.7 Å². The molecule has 6 nitrogen and oxygen atoms in total. The van der Waals surface area contributed by atoms with Crippen molar-refractivity contribution >= 4 is 11.8 Å². The Morgan fingerprint density at radius 3 is 2.50 bits per heavy atom. The van der Waals surface area contributed by atoms with Crippen LogP contribution in [0.3, 0.4) is 0 Å². The number of hydrogen-bond acceptors (Lipinski definition) is 6. The molecule has 0 unspecified atom stereocenters. The van der Waals surface area contributed by atoms with Crippen molar-refractivity contribution in [3.63, 3.8) is 0 Å². The lowest BCUT2D eigenvalue weighted by atomic mass is 10.3. The van der Waals surface area contributed by atoms with Crippen molar-refractivity contribution in [3.05, 3.63) is 30.3 Å². The quantitative estimate of drug-likeness (QED) is 0.842. The third-order valence-electron chi connectivity index (χ3n) is 2.56. The van der Waals surface area contributed by atoms with Crippen LogP contribution in [0.4, 0.5) is 11.8 Å². The van der Waals surface area contributed by atoms with Crippen LogP contribution in [0.5, 0.6) is 17.4 Å². The SMILES string of the molecule is CCCNc1cc(Oc2ccc(OC)cc2)nc(N)n1. The summed E-state index contributed by atoms with van der Waals surface area (Å²) in [6, 6.07) is 8.95. The van der Waals surface area contributed by atoms with E-state index in [0.29, 0.717) is 17.4 Å². The predicted molar refractivity (Wildman–Crippen MR) is 78.3 cm³/mol. The number of anilines is 2. The Morgan fingerprint density at radius 1 is 1.15 bits per heavy atom. The summed E-state index contributed by atoms with van der Waals surface area (Å²) in [5.74, 6) is 2.66. The Labute approximate surface area is 118 Å². The highest BCUT2D eigenvalue weighted by molar-refractivity contribution is 5.44. The van der Waals surface area contributed by atoms with E-state index in [-0.39, 0.29) is 5.95 Å². The standard InChI is InChI=1S/C14H18N4O2/c1-3-8-16-12-9-13(18-14(15)17-12)20-11-6-4-10(19-2)5-7-11/h4-7,9H,3,8H2,1-2H3,(H3,15,16,17,18). The third kappa shape index (κ3) is 3.74. The smallest absolute Gasteiger partial charge is 0.226 e. The summed E-state index contributed by atoms with van der Waals surface area (Å²) in [6.45, 7) is 2.89. The van der Waals surface area contributed by atoms with Crippen molar-refractivity contribution in [2.45, 2.75) is 13.3 Å². The maximum absolute atomic E-state index is 5.67. The molecule has 0 atom stereocenters. The molecule has 0 radical (unpaired) electrons. The van der Waals surface area contributed by atoms with E-state index in [9.17, 15) is 0 Å². The van der Waals surface area contributed by atoms with Crippen LogP contribution in [0.2, 0.25) is 0 Å². The van der Waals surface area contributed by atoms with Crippen LogP contribution in [-0.2, 0) is 0 Å². The summed E-state index contributed by atoms with van der Waals surface area (Å²) >= 11 is 0. The monoisotopic (exact) mass is 274 g/mol. The summed E-state index contributed by atoms with van der Waals surface area (Å²) < 4.78 is 10.7. The Morgan fingerprint density at radius 2 is 1.85 bits per heavy atom. The lowest BCUT2D eigenvalue weighted by Gasteiger charge is -2.09. The molecule has 2 rings (SSSR count). The first-order valence-electron chi connectivity index (χ1n) is 6.41. The van der Waals surface area contributed by atoms with Gasteiger partial charge in [0.05, 0.1) is 7.11 Å². The molecular formula is C14H18N4O2. The molecular weight excluding hydrogens is 256 g/mol. The Kier molecular flexibility index (Phi) is 4.60. The highest BCUT2D eigenvalue weighted by Crippen LogP contribution is 2.24. The average Bonchev–Trinajstić information content (AvgIpc) is 2.45. The van der Waals surface area contributed by atoms with Crippen LogP contribution < -0.4 is 20.5 Å². The number of hydrogen-bond donors (Lipinski definition) is 2. The van der Waals surface area contributed by atoms with E-state index in [1.165, 1.54) is 0 Å². The zero-order valence-corrected chi connectivity index (χ0v) is 11.6. The van der Waals surface area contributed by atoms with E-state index < -0.39 is 0 Å². The number of nitrogens with two attached hydrogens (primary N) is 1. The van der Waals surface area contributed by atoms with Gasteiger partial charge < -0.3 is 20.5 Å². The van der Waals surface area contributed by atoms with Gasteiger partial charge in [-0.15, -0.1) is 0 Å². The Bertz CT molecular complexity index is 558. The molecule has 1 aromatic heterocycles. The van der Waals surface area contributed by atoms with Gasteiger partial charge in [0.25, 0.3) is 0 Å². The summed E-state index contributed by atoms with van der Waals surface area (Å²) in [5.41, 5.74) is 5.67. The van der Waals surface area contributed by atoms with Gasteiger partial charge in [0.1, 0.15) is 17.3 Å². The van der Waals surface area contributed by atoms with Crippen LogP contribution in [0.15, 0.2) is 30.3 Å². The van der Waals surface area contributed by atoms with Gasteiger partial charge in [0.2, 0.25) is 11.8 Å². The summed E-state index contributed by atoms with van der Waals surface area (Å²) in [4.78, 5) is 8.15. The molecule has 0 aliphatic heterocycles. The summed E-state index contributed by atoms with van der Waals surface area (Å²) in [7, 11) is 1.62. The van der Waals surface area contributed by atoms with E-state index in [2.05, 4.69) is 22.2 Å². The normalized spacial score (nSPS) is 10.1. The van der Waals surface area contributed by atoms with E-state index >= 15 is 0 Å². The van der Waals surface area contributed by atoms with Crippen molar-refractivity contribution in [1.82, 2.24) is 9.97 Å². The first-order valence-corrected chi connectivity index (χ1v) is 6.41. The number of nitrogen functional groups attached to an aromatic ring is 1. The second-order valence-corrected chi connectivity index (χ2v) is 4.15. The number of nitrogens with one attached hydrogen (secondary N) is 1. The van der Waals surface area contributed by atoms with Crippen LogP contribution >= 0.6 is 0 Å². The van der Waals surface area contributed by atoms with E-state index in [1.54, 1.807) is 25.3 Å². The lowest BCUT2D eigenvalue weighted by Crippen LogP contribution is -2.05. The van der Waals surface area contributed by atoms with E-state index in [4.69, 9.17) is 15.2 Å².